The molecule has 0 aliphatic carbocycles. The highest BCUT2D eigenvalue weighted by atomic mass is 16.4. The first-order valence-corrected chi connectivity index (χ1v) is 6.54. The van der Waals surface area contributed by atoms with Crippen LogP contribution in [0.15, 0.2) is 30.3 Å². The second-order valence-corrected chi connectivity index (χ2v) is 4.22. The number of benzene rings is 1. The molecule has 0 saturated carbocycles. The van der Waals surface area contributed by atoms with Gasteiger partial charge >= 0.3 is 6.09 Å². The standard InChI is InChI=1S/C15H16N2O5/c1-2-13(19)16-12-6-4-3-5-11(12)7-8-14(20)17(9-10-18)15(21)22/h3-8,10H,2,9H2,1H3,(H,16,19)(H,21,22)/b8-7+. The van der Waals surface area contributed by atoms with Crippen molar-refractivity contribution < 1.29 is 24.3 Å². The Hall–Kier alpha value is -2.96. The number of nitrogens with one attached hydrogen (secondary N) is 1. The maximum Gasteiger partial charge on any atom is 0.414 e. The van der Waals surface area contributed by atoms with E-state index in [1.54, 1.807) is 31.2 Å². The third kappa shape index (κ3) is 4.86. The van der Waals surface area contributed by atoms with Crippen LogP contribution in [-0.4, -0.2) is 40.7 Å². The maximum absolute atomic E-state index is 11.7. The third-order valence-electron chi connectivity index (χ3n) is 2.72. The van der Waals surface area contributed by atoms with Gasteiger partial charge in [0, 0.05) is 18.2 Å². The molecular weight excluding hydrogens is 288 g/mol. The fourth-order valence-corrected chi connectivity index (χ4v) is 1.58. The molecule has 0 aliphatic heterocycles. The molecule has 7 nitrogen and oxygen atoms in total. The molecule has 0 aromatic heterocycles. The van der Waals surface area contributed by atoms with Crippen molar-refractivity contribution in [2.45, 2.75) is 13.3 Å². The summed E-state index contributed by atoms with van der Waals surface area (Å²) in [5, 5.41) is 11.5. The summed E-state index contributed by atoms with van der Waals surface area (Å²) in [6.45, 7) is 1.17. The molecule has 7 heteroatoms. The fraction of sp³-hybridized carbons (Fsp3) is 0.200. The molecule has 0 radical (unpaired) electrons. The highest BCUT2D eigenvalue weighted by molar-refractivity contribution is 6.02. The van der Waals surface area contributed by atoms with E-state index in [0.717, 1.165) is 6.08 Å². The van der Waals surface area contributed by atoms with Crippen LogP contribution in [0.25, 0.3) is 6.08 Å². The number of carboxylic acid groups (broad SMARTS) is 1. The van der Waals surface area contributed by atoms with Crippen LogP contribution in [0.5, 0.6) is 0 Å². The first-order valence-electron chi connectivity index (χ1n) is 6.54. The number of amides is 3. The SMILES string of the molecule is CCC(=O)Nc1ccccc1/C=C/C(=O)N(CC=O)C(=O)O. The first-order chi connectivity index (χ1) is 10.5. The highest BCUT2D eigenvalue weighted by Crippen LogP contribution is 2.17. The molecule has 2 N–H and O–H groups in total. The van der Waals surface area contributed by atoms with Crippen molar-refractivity contribution in [1.29, 1.82) is 0 Å². The summed E-state index contributed by atoms with van der Waals surface area (Å²) in [7, 11) is 0. The van der Waals surface area contributed by atoms with Gasteiger partial charge in [-0.25, -0.2) is 9.69 Å². The average molecular weight is 304 g/mol. The smallest absolute Gasteiger partial charge is 0.414 e. The van der Waals surface area contributed by atoms with E-state index in [1.807, 2.05) is 0 Å². The molecule has 0 fully saturated rings. The van der Waals surface area contributed by atoms with Crippen LogP contribution in [0.4, 0.5) is 10.5 Å². The van der Waals surface area contributed by atoms with Gasteiger partial charge in [0.25, 0.3) is 5.91 Å². The predicted molar refractivity (Wildman–Crippen MR) is 80.2 cm³/mol. The van der Waals surface area contributed by atoms with Gasteiger partial charge in [0.15, 0.2) is 0 Å². The summed E-state index contributed by atoms with van der Waals surface area (Å²) in [4.78, 5) is 44.8. The van der Waals surface area contributed by atoms with Gasteiger partial charge in [-0.3, -0.25) is 9.59 Å². The maximum atomic E-state index is 11.7. The van der Waals surface area contributed by atoms with Crippen molar-refractivity contribution in [3.63, 3.8) is 0 Å². The molecular formula is C15H16N2O5. The van der Waals surface area contributed by atoms with E-state index in [4.69, 9.17) is 5.11 Å². The lowest BCUT2D eigenvalue weighted by Gasteiger charge is -2.11. The average Bonchev–Trinajstić information content (AvgIpc) is 2.50. The van der Waals surface area contributed by atoms with Gasteiger partial charge in [0.2, 0.25) is 5.91 Å². The van der Waals surface area contributed by atoms with Crippen molar-refractivity contribution in [1.82, 2.24) is 4.90 Å². The lowest BCUT2D eigenvalue weighted by atomic mass is 10.1. The molecule has 0 aliphatic rings. The number of anilines is 1. The highest BCUT2D eigenvalue weighted by Gasteiger charge is 2.17. The van der Waals surface area contributed by atoms with Gasteiger partial charge in [-0.15, -0.1) is 0 Å². The number of hydrogen-bond donors (Lipinski definition) is 2. The Morgan fingerprint density at radius 3 is 2.55 bits per heavy atom. The van der Waals surface area contributed by atoms with Crippen LogP contribution >= 0.6 is 0 Å². The summed E-state index contributed by atoms with van der Waals surface area (Å²) >= 11 is 0. The van der Waals surface area contributed by atoms with Gasteiger partial charge < -0.3 is 15.2 Å². The molecule has 0 atom stereocenters. The molecule has 0 spiro atoms. The fourth-order valence-electron chi connectivity index (χ4n) is 1.58. The van der Waals surface area contributed by atoms with Gasteiger partial charge in [-0.2, -0.15) is 0 Å². The molecule has 3 amide bonds. The second-order valence-electron chi connectivity index (χ2n) is 4.22. The van der Waals surface area contributed by atoms with Crippen molar-refractivity contribution in [2.75, 3.05) is 11.9 Å². The minimum atomic E-state index is -1.51. The number of carbonyl (C=O) groups excluding carboxylic acids is 3. The summed E-state index contributed by atoms with van der Waals surface area (Å²) in [6.07, 6.45) is 1.55. The number of nitrogens with zero attached hydrogens (tertiary/aromatic N) is 1. The van der Waals surface area contributed by atoms with E-state index in [-0.39, 0.29) is 5.91 Å². The van der Waals surface area contributed by atoms with Crippen LogP contribution in [0.2, 0.25) is 0 Å². The Balaban J connectivity index is 2.93. The normalized spacial score (nSPS) is 10.2. The molecule has 1 aromatic rings. The van der Waals surface area contributed by atoms with Crippen LogP contribution in [0, 0.1) is 0 Å². The van der Waals surface area contributed by atoms with Crippen LogP contribution in [-0.2, 0) is 14.4 Å². The Morgan fingerprint density at radius 2 is 1.95 bits per heavy atom. The zero-order valence-corrected chi connectivity index (χ0v) is 12.0. The van der Waals surface area contributed by atoms with E-state index in [1.165, 1.54) is 6.08 Å². The lowest BCUT2D eigenvalue weighted by Crippen LogP contribution is -2.35. The topological polar surface area (TPSA) is 104 Å². The van der Waals surface area contributed by atoms with Gasteiger partial charge in [0.05, 0.1) is 6.54 Å². The Labute approximate surface area is 127 Å². The number of carbonyl (C=O) groups is 4. The second kappa shape index (κ2) is 8.35. The summed E-state index contributed by atoms with van der Waals surface area (Å²) < 4.78 is 0. The Kier molecular flexibility index (Phi) is 6.49. The van der Waals surface area contributed by atoms with Gasteiger partial charge in [-0.05, 0) is 17.7 Å². The quantitative estimate of drug-likeness (QED) is 0.615. The number of hydrogen-bond acceptors (Lipinski definition) is 4. The van der Waals surface area contributed by atoms with Crippen molar-refractivity contribution in [2.24, 2.45) is 0 Å². The van der Waals surface area contributed by atoms with Crippen LogP contribution in [0.1, 0.15) is 18.9 Å². The molecule has 0 saturated heterocycles. The van der Waals surface area contributed by atoms with Crippen molar-refractivity contribution in [3.05, 3.63) is 35.9 Å². The monoisotopic (exact) mass is 304 g/mol. The molecule has 22 heavy (non-hydrogen) atoms. The minimum Gasteiger partial charge on any atom is -0.465 e. The predicted octanol–water partition coefficient (Wildman–Crippen LogP) is 1.75. The molecule has 1 aromatic carbocycles. The van der Waals surface area contributed by atoms with E-state index in [0.29, 0.717) is 28.9 Å². The van der Waals surface area contributed by atoms with E-state index < -0.39 is 18.5 Å². The van der Waals surface area contributed by atoms with E-state index >= 15 is 0 Å². The Morgan fingerprint density at radius 1 is 1.27 bits per heavy atom. The van der Waals surface area contributed by atoms with Gasteiger partial charge in [-0.1, -0.05) is 25.1 Å². The Bertz CT molecular complexity index is 610. The molecule has 0 bridgehead atoms. The van der Waals surface area contributed by atoms with Crippen molar-refractivity contribution in [3.8, 4) is 0 Å². The summed E-state index contributed by atoms with van der Waals surface area (Å²) in [5.74, 6) is -1.02. The van der Waals surface area contributed by atoms with E-state index in [2.05, 4.69) is 5.32 Å². The zero-order valence-electron chi connectivity index (χ0n) is 12.0. The minimum absolute atomic E-state index is 0.180. The molecule has 0 heterocycles. The van der Waals surface area contributed by atoms with Crippen LogP contribution in [0.3, 0.4) is 0 Å². The number of para-hydroxylation sites is 1. The number of aldehydes is 1. The number of rotatable bonds is 6. The lowest BCUT2D eigenvalue weighted by molar-refractivity contribution is -0.126. The molecule has 1 rings (SSSR count). The molecule has 0 unspecified atom stereocenters. The summed E-state index contributed by atoms with van der Waals surface area (Å²) in [6, 6.07) is 6.77. The van der Waals surface area contributed by atoms with E-state index in [9.17, 15) is 19.2 Å². The summed E-state index contributed by atoms with van der Waals surface area (Å²) in [5.41, 5.74) is 1.06. The van der Waals surface area contributed by atoms with Crippen LogP contribution < -0.4 is 5.32 Å². The number of imide groups is 1. The largest absolute Gasteiger partial charge is 0.465 e. The van der Waals surface area contributed by atoms with Crippen molar-refractivity contribution >= 4 is 36.0 Å². The third-order valence-corrected chi connectivity index (χ3v) is 2.72. The zero-order chi connectivity index (χ0) is 16.5. The van der Waals surface area contributed by atoms with Gasteiger partial charge in [0.1, 0.15) is 6.29 Å². The molecule has 116 valence electrons. The first kappa shape index (κ1) is 17.1.